The van der Waals surface area contributed by atoms with Crippen molar-refractivity contribution in [2.75, 3.05) is 18.0 Å². The largest absolute Gasteiger partial charge is 0.424 e. The van der Waals surface area contributed by atoms with E-state index in [1.165, 1.54) is 12.1 Å². The number of aromatic nitrogens is 1. The van der Waals surface area contributed by atoms with Crippen LogP contribution in [0.2, 0.25) is 5.02 Å². The maximum Gasteiger partial charge on any atom is 0.236 e. The summed E-state index contributed by atoms with van der Waals surface area (Å²) in [6.45, 7) is 7.88. The molecule has 1 aliphatic rings. The summed E-state index contributed by atoms with van der Waals surface area (Å²) in [7, 11) is -3.77. The van der Waals surface area contributed by atoms with Crippen molar-refractivity contribution in [2.24, 2.45) is 11.8 Å². The minimum absolute atomic E-state index is 0.0185. The van der Waals surface area contributed by atoms with E-state index in [0.29, 0.717) is 35.1 Å². The summed E-state index contributed by atoms with van der Waals surface area (Å²) in [5.41, 5.74) is 0. The third-order valence-corrected chi connectivity index (χ3v) is 6.58. The van der Waals surface area contributed by atoms with Gasteiger partial charge in [-0.3, -0.25) is 0 Å². The van der Waals surface area contributed by atoms with E-state index in [0.717, 1.165) is 25.9 Å². The second-order valence-electron chi connectivity index (χ2n) is 7.44. The smallest absolute Gasteiger partial charge is 0.236 e. The molecular formula is C19H25ClN2O3S. The fraction of sp³-hybridized carbons (Fsp3) is 0.526. The van der Waals surface area contributed by atoms with Gasteiger partial charge in [0.05, 0.1) is 4.90 Å². The van der Waals surface area contributed by atoms with E-state index in [-0.39, 0.29) is 9.92 Å². The highest BCUT2D eigenvalue weighted by Gasteiger charge is 2.32. The third-order valence-electron chi connectivity index (χ3n) is 4.66. The standard InChI is InChI=1S/C19H25ClN2O3S/c1-13(2)12-17-21-18(19(25-17)22-10-8-14(3)9-11-22)26(23,24)16-6-4-15(20)5-7-16/h4-7,13-14H,8-12H2,1-3H3. The van der Waals surface area contributed by atoms with E-state index in [1.807, 2.05) is 4.90 Å². The summed E-state index contributed by atoms with van der Waals surface area (Å²) < 4.78 is 32.3. The first-order valence-corrected chi connectivity index (χ1v) is 10.9. The Morgan fingerprint density at radius 2 is 1.85 bits per heavy atom. The topological polar surface area (TPSA) is 63.4 Å². The van der Waals surface area contributed by atoms with Crippen LogP contribution in [0.5, 0.6) is 0 Å². The lowest BCUT2D eigenvalue weighted by atomic mass is 9.99. The van der Waals surface area contributed by atoms with Gasteiger partial charge in [-0.15, -0.1) is 0 Å². The van der Waals surface area contributed by atoms with Gasteiger partial charge in [0.2, 0.25) is 20.7 Å². The lowest BCUT2D eigenvalue weighted by Gasteiger charge is -2.30. The van der Waals surface area contributed by atoms with Crippen molar-refractivity contribution < 1.29 is 12.8 Å². The van der Waals surface area contributed by atoms with Gasteiger partial charge in [0.1, 0.15) is 0 Å². The number of benzene rings is 1. The van der Waals surface area contributed by atoms with Gasteiger partial charge in [-0.05, 0) is 48.9 Å². The molecule has 142 valence electrons. The van der Waals surface area contributed by atoms with Crippen LogP contribution in [0.4, 0.5) is 5.88 Å². The summed E-state index contributed by atoms with van der Waals surface area (Å²) in [6.07, 6.45) is 2.63. The molecule has 0 aliphatic carbocycles. The minimum atomic E-state index is -3.77. The van der Waals surface area contributed by atoms with E-state index in [4.69, 9.17) is 16.0 Å². The Balaban J connectivity index is 2.03. The zero-order chi connectivity index (χ0) is 18.9. The van der Waals surface area contributed by atoms with Gasteiger partial charge in [0.25, 0.3) is 0 Å². The number of anilines is 1. The van der Waals surface area contributed by atoms with Gasteiger partial charge < -0.3 is 9.32 Å². The predicted octanol–water partition coefficient (Wildman–Crippen LogP) is 4.60. The second-order valence-corrected chi connectivity index (χ2v) is 9.74. The van der Waals surface area contributed by atoms with Crippen molar-refractivity contribution in [3.63, 3.8) is 0 Å². The molecule has 1 aromatic carbocycles. The Kier molecular flexibility index (Phi) is 5.63. The summed E-state index contributed by atoms with van der Waals surface area (Å²) >= 11 is 5.90. The Morgan fingerprint density at radius 1 is 1.23 bits per heavy atom. The Bertz CT molecular complexity index is 851. The van der Waals surface area contributed by atoms with Crippen molar-refractivity contribution in [2.45, 2.75) is 50.0 Å². The van der Waals surface area contributed by atoms with E-state index < -0.39 is 9.84 Å². The molecule has 1 aromatic heterocycles. The van der Waals surface area contributed by atoms with Crippen molar-refractivity contribution >= 4 is 27.3 Å². The molecule has 26 heavy (non-hydrogen) atoms. The number of halogens is 1. The van der Waals surface area contributed by atoms with Crippen LogP contribution in [0.15, 0.2) is 38.6 Å². The number of nitrogens with zero attached hydrogens (tertiary/aromatic N) is 2. The molecule has 0 N–H and O–H groups in total. The Morgan fingerprint density at radius 3 is 2.42 bits per heavy atom. The summed E-state index contributed by atoms with van der Waals surface area (Å²) in [4.78, 5) is 6.58. The Hall–Kier alpha value is -1.53. The van der Waals surface area contributed by atoms with Crippen LogP contribution < -0.4 is 4.90 Å². The molecule has 3 rings (SSSR count). The molecule has 1 aliphatic heterocycles. The molecule has 1 saturated heterocycles. The molecule has 2 aromatic rings. The van der Waals surface area contributed by atoms with Gasteiger partial charge in [-0.1, -0.05) is 32.4 Å². The number of hydrogen-bond acceptors (Lipinski definition) is 5. The number of oxazole rings is 1. The molecule has 0 atom stereocenters. The Labute approximate surface area is 160 Å². The third kappa shape index (κ3) is 4.07. The van der Waals surface area contributed by atoms with Gasteiger partial charge in [0.15, 0.2) is 5.89 Å². The lowest BCUT2D eigenvalue weighted by molar-refractivity contribution is 0.400. The quantitative estimate of drug-likeness (QED) is 0.739. The van der Waals surface area contributed by atoms with Crippen LogP contribution in [0.3, 0.4) is 0 Å². The number of sulfone groups is 1. The molecule has 0 bridgehead atoms. The first kappa shape index (κ1) is 19.2. The molecule has 0 radical (unpaired) electrons. The first-order valence-electron chi connectivity index (χ1n) is 9.02. The van der Waals surface area contributed by atoms with Gasteiger partial charge in [-0.2, -0.15) is 4.98 Å². The highest BCUT2D eigenvalue weighted by atomic mass is 35.5. The van der Waals surface area contributed by atoms with E-state index in [9.17, 15) is 8.42 Å². The lowest BCUT2D eigenvalue weighted by Crippen LogP contribution is -2.33. The number of piperidine rings is 1. The van der Waals surface area contributed by atoms with E-state index >= 15 is 0 Å². The predicted molar refractivity (Wildman–Crippen MR) is 103 cm³/mol. The summed E-state index contributed by atoms with van der Waals surface area (Å²) in [5, 5.41) is 0.514. The fourth-order valence-corrected chi connectivity index (χ4v) is 4.55. The minimum Gasteiger partial charge on any atom is -0.424 e. The van der Waals surface area contributed by atoms with Gasteiger partial charge in [-0.25, -0.2) is 8.42 Å². The average Bonchev–Trinajstić information content (AvgIpc) is 3.00. The zero-order valence-corrected chi connectivity index (χ0v) is 17.0. The van der Waals surface area contributed by atoms with Crippen LogP contribution in [0.25, 0.3) is 0 Å². The SMILES string of the molecule is CC(C)Cc1nc(S(=O)(=O)c2ccc(Cl)cc2)c(N2CCC(C)CC2)o1. The maximum atomic E-state index is 13.2. The van der Waals surface area contributed by atoms with Gasteiger partial charge >= 0.3 is 0 Å². The van der Waals surface area contributed by atoms with Crippen LogP contribution in [0, 0.1) is 11.8 Å². The average molecular weight is 397 g/mol. The maximum absolute atomic E-state index is 13.2. The van der Waals surface area contributed by atoms with Crippen LogP contribution in [-0.2, 0) is 16.3 Å². The molecule has 0 spiro atoms. The molecule has 0 saturated carbocycles. The molecule has 7 heteroatoms. The monoisotopic (exact) mass is 396 g/mol. The van der Waals surface area contributed by atoms with E-state index in [2.05, 4.69) is 25.8 Å². The summed E-state index contributed by atoms with van der Waals surface area (Å²) in [6, 6.07) is 6.17. The van der Waals surface area contributed by atoms with Crippen molar-refractivity contribution in [1.82, 2.24) is 4.98 Å². The van der Waals surface area contributed by atoms with Gasteiger partial charge in [0, 0.05) is 24.5 Å². The first-order chi connectivity index (χ1) is 12.3. The van der Waals surface area contributed by atoms with Crippen molar-refractivity contribution in [3.05, 3.63) is 35.2 Å². The second kappa shape index (κ2) is 7.61. The highest BCUT2D eigenvalue weighted by Crippen LogP contribution is 2.34. The van der Waals surface area contributed by atoms with Crippen molar-refractivity contribution in [1.29, 1.82) is 0 Å². The molecular weight excluding hydrogens is 372 g/mol. The van der Waals surface area contributed by atoms with Crippen LogP contribution in [-0.4, -0.2) is 26.5 Å². The number of rotatable bonds is 5. The molecule has 5 nitrogen and oxygen atoms in total. The van der Waals surface area contributed by atoms with E-state index in [1.54, 1.807) is 12.1 Å². The van der Waals surface area contributed by atoms with Crippen LogP contribution in [0.1, 0.15) is 39.5 Å². The van der Waals surface area contributed by atoms with Crippen LogP contribution >= 0.6 is 11.6 Å². The number of hydrogen-bond donors (Lipinski definition) is 0. The molecule has 1 fully saturated rings. The highest BCUT2D eigenvalue weighted by molar-refractivity contribution is 7.91. The molecule has 0 unspecified atom stereocenters. The summed E-state index contributed by atoms with van der Waals surface area (Å²) in [5.74, 6) is 1.82. The fourth-order valence-electron chi connectivity index (χ4n) is 3.09. The zero-order valence-electron chi connectivity index (χ0n) is 15.4. The normalized spacial score (nSPS) is 16.4. The molecule has 2 heterocycles. The van der Waals surface area contributed by atoms with Crippen molar-refractivity contribution in [3.8, 4) is 0 Å². The molecule has 0 amide bonds.